The van der Waals surface area contributed by atoms with Crippen LogP contribution in [-0.4, -0.2) is 56.2 Å². The van der Waals surface area contributed by atoms with Gasteiger partial charge in [0.05, 0.1) is 7.11 Å². The number of rotatable bonds is 6. The molecule has 0 amide bonds. The maximum absolute atomic E-state index is 5.60. The second-order valence-electron chi connectivity index (χ2n) is 7.52. The van der Waals surface area contributed by atoms with Crippen molar-refractivity contribution in [3.8, 4) is 5.75 Å². The van der Waals surface area contributed by atoms with Gasteiger partial charge in [-0.3, -0.25) is 4.90 Å². The van der Waals surface area contributed by atoms with Crippen LogP contribution < -0.4 is 10.1 Å². The van der Waals surface area contributed by atoms with Gasteiger partial charge >= 0.3 is 0 Å². The molecule has 0 aliphatic carbocycles. The van der Waals surface area contributed by atoms with Crippen LogP contribution in [0.3, 0.4) is 0 Å². The predicted octanol–water partition coefficient (Wildman–Crippen LogP) is 3.04. The van der Waals surface area contributed by atoms with Gasteiger partial charge in [-0.2, -0.15) is 0 Å². The van der Waals surface area contributed by atoms with Crippen molar-refractivity contribution in [3.05, 3.63) is 29.3 Å². The molecule has 24 heavy (non-hydrogen) atoms. The number of hydrogen-bond donors (Lipinski definition) is 1. The highest BCUT2D eigenvalue weighted by molar-refractivity contribution is 5.38. The molecular formula is C20H33N3O. The Balaban J connectivity index is 1.65. The van der Waals surface area contributed by atoms with Crippen LogP contribution in [0.15, 0.2) is 18.2 Å². The Morgan fingerprint density at radius 1 is 1.17 bits per heavy atom. The summed E-state index contributed by atoms with van der Waals surface area (Å²) in [7, 11) is 4.00. The van der Waals surface area contributed by atoms with Crippen molar-refractivity contribution in [1.82, 2.24) is 15.1 Å². The van der Waals surface area contributed by atoms with E-state index in [0.29, 0.717) is 12.1 Å². The van der Waals surface area contributed by atoms with Gasteiger partial charge in [-0.25, -0.2) is 0 Å². The van der Waals surface area contributed by atoms with E-state index >= 15 is 0 Å². The minimum atomic E-state index is 0.390. The van der Waals surface area contributed by atoms with E-state index in [-0.39, 0.29) is 0 Å². The minimum Gasteiger partial charge on any atom is -0.496 e. The van der Waals surface area contributed by atoms with Crippen LogP contribution in [0.25, 0.3) is 0 Å². The number of piperidine rings is 1. The molecule has 1 aromatic carbocycles. The van der Waals surface area contributed by atoms with Crippen molar-refractivity contribution in [3.63, 3.8) is 0 Å². The molecule has 0 aromatic heterocycles. The second-order valence-corrected chi connectivity index (χ2v) is 7.52. The predicted molar refractivity (Wildman–Crippen MR) is 99.6 cm³/mol. The number of likely N-dealkylation sites (tertiary alicyclic amines) is 2. The highest BCUT2D eigenvalue weighted by atomic mass is 16.5. The van der Waals surface area contributed by atoms with E-state index in [2.05, 4.69) is 47.3 Å². The standard InChI is InChI=1S/C20H33N3O/c1-16(21-19-8-12-22(2)13-9-19)17-6-7-20(24-3)18(14-17)15-23-10-4-5-11-23/h6-7,14,16,19,21H,4-5,8-13,15H2,1-3H3/t16-/m0/s1. The molecule has 2 fully saturated rings. The zero-order valence-corrected chi connectivity index (χ0v) is 15.6. The number of ether oxygens (including phenoxy) is 1. The fourth-order valence-electron chi connectivity index (χ4n) is 4.00. The third-order valence-corrected chi connectivity index (χ3v) is 5.60. The monoisotopic (exact) mass is 331 g/mol. The summed E-state index contributed by atoms with van der Waals surface area (Å²) < 4.78 is 5.60. The summed E-state index contributed by atoms with van der Waals surface area (Å²) in [6.45, 7) is 8.14. The Morgan fingerprint density at radius 3 is 2.54 bits per heavy atom. The quantitative estimate of drug-likeness (QED) is 0.867. The lowest BCUT2D eigenvalue weighted by Gasteiger charge is -2.32. The molecule has 0 bridgehead atoms. The fraction of sp³-hybridized carbons (Fsp3) is 0.700. The lowest BCUT2D eigenvalue weighted by atomic mass is 10.00. The molecule has 2 aliphatic rings. The van der Waals surface area contributed by atoms with Gasteiger partial charge in [0.2, 0.25) is 0 Å². The van der Waals surface area contributed by atoms with E-state index in [4.69, 9.17) is 4.74 Å². The van der Waals surface area contributed by atoms with Gasteiger partial charge in [-0.1, -0.05) is 6.07 Å². The SMILES string of the molecule is COc1ccc([C@H](C)NC2CCN(C)CC2)cc1CN1CCCC1. The van der Waals surface area contributed by atoms with Gasteiger partial charge in [-0.05, 0) is 83.5 Å². The molecule has 0 unspecified atom stereocenters. The summed E-state index contributed by atoms with van der Waals surface area (Å²) in [6, 6.07) is 7.75. The lowest BCUT2D eigenvalue weighted by molar-refractivity contribution is 0.226. The summed E-state index contributed by atoms with van der Waals surface area (Å²) in [6.07, 6.45) is 5.15. The van der Waals surface area contributed by atoms with Crippen LogP contribution >= 0.6 is 0 Å². The van der Waals surface area contributed by atoms with E-state index in [1.165, 1.54) is 63.0 Å². The largest absolute Gasteiger partial charge is 0.496 e. The Hall–Kier alpha value is -1.10. The van der Waals surface area contributed by atoms with Crippen LogP contribution in [0.1, 0.15) is 49.8 Å². The fourth-order valence-corrected chi connectivity index (χ4v) is 4.00. The molecule has 0 saturated carbocycles. The molecule has 0 radical (unpaired) electrons. The van der Waals surface area contributed by atoms with E-state index in [1.807, 2.05) is 0 Å². The first-order chi connectivity index (χ1) is 11.7. The molecule has 2 heterocycles. The van der Waals surface area contributed by atoms with Crippen molar-refractivity contribution in [1.29, 1.82) is 0 Å². The first-order valence-corrected chi connectivity index (χ1v) is 9.49. The third-order valence-electron chi connectivity index (χ3n) is 5.60. The Labute approximate surface area is 147 Å². The van der Waals surface area contributed by atoms with Gasteiger partial charge in [0.15, 0.2) is 0 Å². The van der Waals surface area contributed by atoms with E-state index in [1.54, 1.807) is 7.11 Å². The molecule has 3 rings (SSSR count). The highest BCUT2D eigenvalue weighted by Crippen LogP contribution is 2.26. The average Bonchev–Trinajstić information content (AvgIpc) is 3.10. The number of benzene rings is 1. The zero-order valence-electron chi connectivity index (χ0n) is 15.6. The Bertz CT molecular complexity index is 520. The Kier molecular flexibility index (Phi) is 6.14. The normalized spacial score (nSPS) is 22.0. The Morgan fingerprint density at radius 2 is 1.88 bits per heavy atom. The molecule has 1 atom stereocenters. The maximum Gasteiger partial charge on any atom is 0.123 e. The van der Waals surface area contributed by atoms with Crippen LogP contribution in [0.5, 0.6) is 5.75 Å². The third kappa shape index (κ3) is 4.50. The lowest BCUT2D eigenvalue weighted by Crippen LogP contribution is -2.41. The van der Waals surface area contributed by atoms with Gasteiger partial charge in [0.25, 0.3) is 0 Å². The van der Waals surface area contributed by atoms with Crippen LogP contribution in [0.4, 0.5) is 0 Å². The van der Waals surface area contributed by atoms with Crippen molar-refractivity contribution in [2.75, 3.05) is 40.3 Å². The van der Waals surface area contributed by atoms with E-state index in [0.717, 1.165) is 12.3 Å². The van der Waals surface area contributed by atoms with Crippen molar-refractivity contribution < 1.29 is 4.74 Å². The molecule has 134 valence electrons. The van der Waals surface area contributed by atoms with Crippen molar-refractivity contribution >= 4 is 0 Å². The van der Waals surface area contributed by atoms with Crippen LogP contribution in [0.2, 0.25) is 0 Å². The van der Waals surface area contributed by atoms with Gasteiger partial charge < -0.3 is 15.0 Å². The van der Waals surface area contributed by atoms with Crippen molar-refractivity contribution in [2.45, 2.75) is 51.2 Å². The number of hydrogen-bond acceptors (Lipinski definition) is 4. The highest BCUT2D eigenvalue weighted by Gasteiger charge is 2.20. The van der Waals surface area contributed by atoms with Crippen LogP contribution in [-0.2, 0) is 6.54 Å². The van der Waals surface area contributed by atoms with E-state index < -0.39 is 0 Å². The van der Waals surface area contributed by atoms with Gasteiger partial charge in [0, 0.05) is 24.2 Å². The van der Waals surface area contributed by atoms with Gasteiger partial charge in [-0.15, -0.1) is 0 Å². The molecule has 4 heteroatoms. The summed E-state index contributed by atoms with van der Waals surface area (Å²) in [5, 5.41) is 3.83. The molecular weight excluding hydrogens is 298 g/mol. The first kappa shape index (κ1) is 17.7. The smallest absolute Gasteiger partial charge is 0.123 e. The molecule has 0 spiro atoms. The molecule has 2 aliphatic heterocycles. The summed E-state index contributed by atoms with van der Waals surface area (Å²) in [5.41, 5.74) is 2.71. The summed E-state index contributed by atoms with van der Waals surface area (Å²) in [5.74, 6) is 1.03. The summed E-state index contributed by atoms with van der Waals surface area (Å²) in [4.78, 5) is 4.96. The maximum atomic E-state index is 5.60. The molecule has 4 nitrogen and oxygen atoms in total. The van der Waals surface area contributed by atoms with Crippen molar-refractivity contribution in [2.24, 2.45) is 0 Å². The minimum absolute atomic E-state index is 0.390. The number of nitrogens with one attached hydrogen (secondary N) is 1. The molecule has 1 N–H and O–H groups in total. The topological polar surface area (TPSA) is 27.7 Å². The van der Waals surface area contributed by atoms with Gasteiger partial charge in [0.1, 0.15) is 5.75 Å². The zero-order chi connectivity index (χ0) is 16.9. The molecule has 1 aromatic rings. The van der Waals surface area contributed by atoms with Crippen LogP contribution in [0, 0.1) is 0 Å². The number of methoxy groups -OCH3 is 1. The number of nitrogens with zero attached hydrogens (tertiary/aromatic N) is 2. The second kappa shape index (κ2) is 8.32. The summed E-state index contributed by atoms with van der Waals surface area (Å²) >= 11 is 0. The van der Waals surface area contributed by atoms with E-state index in [9.17, 15) is 0 Å². The molecule has 2 saturated heterocycles. The first-order valence-electron chi connectivity index (χ1n) is 9.49. The average molecular weight is 332 g/mol.